The average molecular weight is 214 g/mol. The molecule has 0 saturated heterocycles. The molecule has 78 valence electrons. The van der Waals surface area contributed by atoms with Crippen LogP contribution in [0.5, 0.6) is 0 Å². The second kappa shape index (κ2) is 5.78. The maximum Gasteiger partial charge on any atom is 0.332 e. The van der Waals surface area contributed by atoms with Gasteiger partial charge in [-0.2, -0.15) is 11.3 Å². The summed E-state index contributed by atoms with van der Waals surface area (Å²) in [5.41, 5.74) is 1.27. The predicted octanol–water partition coefficient (Wildman–Crippen LogP) is 2.17. The Morgan fingerprint density at radius 3 is 3.00 bits per heavy atom. The molecule has 3 nitrogen and oxygen atoms in total. The molecule has 0 saturated carbocycles. The van der Waals surface area contributed by atoms with E-state index >= 15 is 0 Å². The standard InChI is InChI=1S/C10H14O3S/c1-13-9(10(11)12)4-2-3-8-5-6-14-7-8/h5-7,9H,2-4H2,1H3,(H,11,12). The van der Waals surface area contributed by atoms with Crippen molar-refractivity contribution in [3.8, 4) is 0 Å². The number of carbonyl (C=O) groups is 1. The van der Waals surface area contributed by atoms with Crippen LogP contribution in [0.2, 0.25) is 0 Å². The van der Waals surface area contributed by atoms with Crippen molar-refractivity contribution in [3.05, 3.63) is 22.4 Å². The number of carboxylic acid groups (broad SMARTS) is 1. The van der Waals surface area contributed by atoms with Crippen LogP contribution in [-0.4, -0.2) is 24.3 Å². The Balaban J connectivity index is 2.23. The van der Waals surface area contributed by atoms with Gasteiger partial charge in [0.15, 0.2) is 6.10 Å². The van der Waals surface area contributed by atoms with E-state index in [9.17, 15) is 4.79 Å². The largest absolute Gasteiger partial charge is 0.479 e. The van der Waals surface area contributed by atoms with Crippen LogP contribution in [0.4, 0.5) is 0 Å². The molecule has 4 heteroatoms. The second-order valence-electron chi connectivity index (χ2n) is 3.09. The summed E-state index contributed by atoms with van der Waals surface area (Å²) in [7, 11) is 1.43. The number of carboxylic acids is 1. The zero-order valence-electron chi connectivity index (χ0n) is 8.10. The summed E-state index contributed by atoms with van der Waals surface area (Å²) in [6.45, 7) is 0. The summed E-state index contributed by atoms with van der Waals surface area (Å²) in [4.78, 5) is 10.6. The van der Waals surface area contributed by atoms with Gasteiger partial charge in [0.2, 0.25) is 0 Å². The Kier molecular flexibility index (Phi) is 4.62. The van der Waals surface area contributed by atoms with Crippen molar-refractivity contribution in [1.82, 2.24) is 0 Å². The normalized spacial score (nSPS) is 12.6. The molecule has 1 aromatic rings. The fraction of sp³-hybridized carbons (Fsp3) is 0.500. The Labute approximate surface area is 87.3 Å². The topological polar surface area (TPSA) is 46.5 Å². The maximum absolute atomic E-state index is 10.6. The monoisotopic (exact) mass is 214 g/mol. The first-order valence-corrected chi connectivity index (χ1v) is 5.45. The Hall–Kier alpha value is -0.870. The van der Waals surface area contributed by atoms with Gasteiger partial charge in [0.1, 0.15) is 0 Å². The highest BCUT2D eigenvalue weighted by molar-refractivity contribution is 7.07. The Bertz CT molecular complexity index is 269. The van der Waals surface area contributed by atoms with Gasteiger partial charge in [-0.15, -0.1) is 0 Å². The third-order valence-corrected chi connectivity index (χ3v) is 2.80. The van der Waals surface area contributed by atoms with Gasteiger partial charge in [-0.1, -0.05) is 0 Å². The Morgan fingerprint density at radius 2 is 2.50 bits per heavy atom. The van der Waals surface area contributed by atoms with Gasteiger partial charge in [-0.25, -0.2) is 4.79 Å². The van der Waals surface area contributed by atoms with Crippen molar-refractivity contribution in [3.63, 3.8) is 0 Å². The van der Waals surface area contributed by atoms with Crippen molar-refractivity contribution in [2.45, 2.75) is 25.4 Å². The molecule has 0 radical (unpaired) electrons. The van der Waals surface area contributed by atoms with Gasteiger partial charge in [-0.3, -0.25) is 0 Å². The third-order valence-electron chi connectivity index (χ3n) is 2.07. The smallest absolute Gasteiger partial charge is 0.332 e. The molecular formula is C10H14O3S. The van der Waals surface area contributed by atoms with Crippen molar-refractivity contribution in [1.29, 1.82) is 0 Å². The van der Waals surface area contributed by atoms with E-state index in [1.54, 1.807) is 11.3 Å². The molecule has 1 aromatic heterocycles. The van der Waals surface area contributed by atoms with E-state index in [2.05, 4.69) is 11.4 Å². The maximum atomic E-state index is 10.6. The molecular weight excluding hydrogens is 200 g/mol. The van der Waals surface area contributed by atoms with Crippen LogP contribution in [0.15, 0.2) is 16.8 Å². The molecule has 0 aliphatic heterocycles. The molecule has 1 rings (SSSR count). The highest BCUT2D eigenvalue weighted by atomic mass is 32.1. The van der Waals surface area contributed by atoms with Crippen LogP contribution >= 0.6 is 11.3 Å². The molecule has 1 heterocycles. The van der Waals surface area contributed by atoms with Crippen LogP contribution in [0.25, 0.3) is 0 Å². The number of hydrogen-bond donors (Lipinski definition) is 1. The highest BCUT2D eigenvalue weighted by Crippen LogP contribution is 2.11. The van der Waals surface area contributed by atoms with Crippen molar-refractivity contribution in [2.75, 3.05) is 7.11 Å². The number of methoxy groups -OCH3 is 1. The summed E-state index contributed by atoms with van der Waals surface area (Å²) < 4.78 is 4.83. The Morgan fingerprint density at radius 1 is 1.71 bits per heavy atom. The number of aryl methyl sites for hydroxylation is 1. The predicted molar refractivity (Wildman–Crippen MR) is 55.7 cm³/mol. The average Bonchev–Trinajstić information content (AvgIpc) is 2.64. The molecule has 1 N–H and O–H groups in total. The lowest BCUT2D eigenvalue weighted by atomic mass is 10.1. The summed E-state index contributed by atoms with van der Waals surface area (Å²) in [6.07, 6.45) is 1.69. The number of rotatable bonds is 6. The molecule has 14 heavy (non-hydrogen) atoms. The van der Waals surface area contributed by atoms with Crippen LogP contribution in [-0.2, 0) is 16.0 Å². The summed E-state index contributed by atoms with van der Waals surface area (Å²) in [5.74, 6) is -0.877. The molecule has 0 fully saturated rings. The van der Waals surface area contributed by atoms with E-state index in [1.165, 1.54) is 12.7 Å². The van der Waals surface area contributed by atoms with Crippen LogP contribution in [0.1, 0.15) is 18.4 Å². The summed E-state index contributed by atoms with van der Waals surface area (Å²) in [6, 6.07) is 2.06. The van der Waals surface area contributed by atoms with Crippen molar-refractivity contribution >= 4 is 17.3 Å². The lowest BCUT2D eigenvalue weighted by Gasteiger charge is -2.08. The fourth-order valence-electron chi connectivity index (χ4n) is 1.27. The summed E-state index contributed by atoms with van der Waals surface area (Å²) in [5, 5.41) is 12.8. The van der Waals surface area contributed by atoms with Gasteiger partial charge in [-0.05, 0) is 41.7 Å². The molecule has 0 aliphatic rings. The minimum absolute atomic E-state index is 0.571. The SMILES string of the molecule is COC(CCCc1ccsc1)C(=O)O. The van der Waals surface area contributed by atoms with Gasteiger partial charge >= 0.3 is 5.97 Å². The van der Waals surface area contributed by atoms with Crippen molar-refractivity contribution in [2.24, 2.45) is 0 Å². The molecule has 0 bridgehead atoms. The first-order chi connectivity index (χ1) is 6.74. The first-order valence-electron chi connectivity index (χ1n) is 4.50. The molecule has 1 unspecified atom stereocenters. The number of thiophene rings is 1. The molecule has 0 aliphatic carbocycles. The molecule has 1 atom stereocenters. The second-order valence-corrected chi connectivity index (χ2v) is 3.87. The van der Waals surface area contributed by atoms with Gasteiger partial charge in [0.05, 0.1) is 0 Å². The van der Waals surface area contributed by atoms with E-state index in [1.807, 2.05) is 5.38 Å². The van der Waals surface area contributed by atoms with Crippen molar-refractivity contribution < 1.29 is 14.6 Å². The van der Waals surface area contributed by atoms with E-state index in [0.717, 1.165) is 12.8 Å². The van der Waals surface area contributed by atoms with E-state index < -0.39 is 12.1 Å². The summed E-state index contributed by atoms with van der Waals surface area (Å²) >= 11 is 1.66. The van der Waals surface area contributed by atoms with Crippen LogP contribution in [0, 0.1) is 0 Å². The van der Waals surface area contributed by atoms with Gasteiger partial charge in [0.25, 0.3) is 0 Å². The van der Waals surface area contributed by atoms with E-state index in [-0.39, 0.29) is 0 Å². The zero-order chi connectivity index (χ0) is 10.4. The molecule has 0 amide bonds. The minimum Gasteiger partial charge on any atom is -0.479 e. The zero-order valence-corrected chi connectivity index (χ0v) is 8.92. The quantitative estimate of drug-likeness (QED) is 0.789. The van der Waals surface area contributed by atoms with Crippen LogP contribution in [0.3, 0.4) is 0 Å². The van der Waals surface area contributed by atoms with E-state index in [0.29, 0.717) is 6.42 Å². The molecule has 0 spiro atoms. The highest BCUT2D eigenvalue weighted by Gasteiger charge is 2.15. The first kappa shape index (κ1) is 11.2. The van der Waals surface area contributed by atoms with Gasteiger partial charge < -0.3 is 9.84 Å². The fourth-order valence-corrected chi connectivity index (χ4v) is 1.97. The lowest BCUT2D eigenvalue weighted by Crippen LogP contribution is -2.22. The number of hydrogen-bond acceptors (Lipinski definition) is 3. The number of aliphatic carboxylic acids is 1. The van der Waals surface area contributed by atoms with Gasteiger partial charge in [0, 0.05) is 7.11 Å². The molecule has 0 aromatic carbocycles. The van der Waals surface area contributed by atoms with Crippen LogP contribution < -0.4 is 0 Å². The number of ether oxygens (including phenoxy) is 1. The van der Waals surface area contributed by atoms with E-state index in [4.69, 9.17) is 9.84 Å². The third kappa shape index (κ3) is 3.47. The minimum atomic E-state index is -0.877. The lowest BCUT2D eigenvalue weighted by molar-refractivity contribution is -0.148.